The van der Waals surface area contributed by atoms with Crippen LogP contribution < -0.4 is 0 Å². The Hall–Kier alpha value is 0. The zero-order chi connectivity index (χ0) is 10.2. The summed E-state index contributed by atoms with van der Waals surface area (Å²) in [4.78, 5) is 0. The summed E-state index contributed by atoms with van der Waals surface area (Å²) < 4.78 is 0. The summed E-state index contributed by atoms with van der Waals surface area (Å²) in [6, 6.07) is 0. The normalized spacial score (nSPS) is 40.8. The first-order chi connectivity index (χ1) is 5.93. The SMILES string of the molecule is CCC(C)CC1(C)C(C)C1C(C)C. The van der Waals surface area contributed by atoms with Gasteiger partial charge in [0.25, 0.3) is 0 Å². The van der Waals surface area contributed by atoms with Gasteiger partial charge in [0.05, 0.1) is 0 Å². The largest absolute Gasteiger partial charge is 0.0651 e. The molecule has 1 saturated carbocycles. The predicted octanol–water partition coefficient (Wildman–Crippen LogP) is 4.35. The van der Waals surface area contributed by atoms with Gasteiger partial charge in [0.1, 0.15) is 0 Å². The standard InChI is InChI=1S/C13H26/c1-7-10(4)8-13(6)11(5)12(13)9(2)3/h9-12H,7-8H2,1-6H3. The molecule has 0 radical (unpaired) electrons. The molecule has 0 heteroatoms. The number of hydrogen-bond donors (Lipinski definition) is 0. The molecule has 0 heterocycles. The highest BCUT2D eigenvalue weighted by atomic mass is 14.6. The summed E-state index contributed by atoms with van der Waals surface area (Å²) in [6.07, 6.45) is 2.78. The van der Waals surface area contributed by atoms with Gasteiger partial charge < -0.3 is 0 Å². The van der Waals surface area contributed by atoms with Gasteiger partial charge in [-0.25, -0.2) is 0 Å². The molecule has 0 N–H and O–H groups in total. The van der Waals surface area contributed by atoms with E-state index >= 15 is 0 Å². The van der Waals surface area contributed by atoms with E-state index in [9.17, 15) is 0 Å². The molecule has 0 spiro atoms. The lowest BCUT2D eigenvalue weighted by atomic mass is 9.88. The fourth-order valence-electron chi connectivity index (χ4n) is 3.40. The molecule has 1 rings (SSSR count). The number of hydrogen-bond acceptors (Lipinski definition) is 0. The average Bonchev–Trinajstić information content (AvgIpc) is 2.53. The molecule has 0 amide bonds. The van der Waals surface area contributed by atoms with Crippen molar-refractivity contribution in [1.82, 2.24) is 0 Å². The first-order valence-electron chi connectivity index (χ1n) is 5.93. The first kappa shape index (κ1) is 11.1. The van der Waals surface area contributed by atoms with E-state index in [2.05, 4.69) is 41.5 Å². The van der Waals surface area contributed by atoms with Crippen LogP contribution in [0.3, 0.4) is 0 Å². The van der Waals surface area contributed by atoms with Gasteiger partial charge in [-0.1, -0.05) is 48.0 Å². The summed E-state index contributed by atoms with van der Waals surface area (Å²) in [5.41, 5.74) is 0.670. The van der Waals surface area contributed by atoms with Crippen molar-refractivity contribution in [2.45, 2.75) is 54.4 Å². The molecule has 78 valence electrons. The van der Waals surface area contributed by atoms with E-state index in [0.29, 0.717) is 5.41 Å². The van der Waals surface area contributed by atoms with Crippen LogP contribution in [0.2, 0.25) is 0 Å². The van der Waals surface area contributed by atoms with E-state index in [0.717, 1.165) is 23.7 Å². The molecule has 1 aliphatic carbocycles. The molecule has 0 aromatic rings. The quantitative estimate of drug-likeness (QED) is 0.606. The van der Waals surface area contributed by atoms with E-state index in [4.69, 9.17) is 0 Å². The predicted molar refractivity (Wildman–Crippen MR) is 59.7 cm³/mol. The Bertz CT molecular complexity index is 171. The molecule has 0 nitrogen and oxygen atoms in total. The highest BCUT2D eigenvalue weighted by molar-refractivity contribution is 5.06. The lowest BCUT2D eigenvalue weighted by Crippen LogP contribution is -2.08. The van der Waals surface area contributed by atoms with Crippen molar-refractivity contribution in [3.63, 3.8) is 0 Å². The van der Waals surface area contributed by atoms with Crippen LogP contribution in [-0.4, -0.2) is 0 Å². The monoisotopic (exact) mass is 182 g/mol. The minimum Gasteiger partial charge on any atom is -0.0651 e. The lowest BCUT2D eigenvalue weighted by Gasteiger charge is -2.17. The van der Waals surface area contributed by atoms with E-state index in [1.54, 1.807) is 0 Å². The van der Waals surface area contributed by atoms with Crippen LogP contribution in [0, 0.1) is 29.1 Å². The molecular weight excluding hydrogens is 156 g/mol. The van der Waals surface area contributed by atoms with Gasteiger partial charge in [0, 0.05) is 0 Å². The summed E-state index contributed by atoms with van der Waals surface area (Å²) >= 11 is 0. The fourth-order valence-corrected chi connectivity index (χ4v) is 3.40. The van der Waals surface area contributed by atoms with Crippen molar-refractivity contribution in [1.29, 1.82) is 0 Å². The molecule has 0 bridgehead atoms. The summed E-state index contributed by atoms with van der Waals surface area (Å²) in [7, 11) is 0. The zero-order valence-electron chi connectivity index (χ0n) is 10.2. The van der Waals surface area contributed by atoms with E-state index in [1.807, 2.05) is 0 Å². The Morgan fingerprint density at radius 3 is 2.08 bits per heavy atom. The average molecular weight is 182 g/mol. The summed E-state index contributed by atoms with van der Waals surface area (Å²) in [5, 5.41) is 0. The van der Waals surface area contributed by atoms with Crippen LogP contribution in [0.15, 0.2) is 0 Å². The molecule has 0 aromatic heterocycles. The van der Waals surface area contributed by atoms with Crippen molar-refractivity contribution >= 4 is 0 Å². The molecule has 0 aliphatic heterocycles. The lowest BCUT2D eigenvalue weighted by molar-refractivity contribution is 0.327. The first-order valence-corrected chi connectivity index (χ1v) is 5.93. The van der Waals surface area contributed by atoms with Crippen LogP contribution in [0.4, 0.5) is 0 Å². The maximum Gasteiger partial charge on any atom is -0.0261 e. The van der Waals surface area contributed by atoms with Gasteiger partial charge in [-0.2, -0.15) is 0 Å². The fraction of sp³-hybridized carbons (Fsp3) is 1.00. The Balaban J connectivity index is 2.50. The van der Waals surface area contributed by atoms with E-state index in [1.165, 1.54) is 12.8 Å². The highest BCUT2D eigenvalue weighted by Gasteiger charge is 2.58. The third-order valence-corrected chi connectivity index (χ3v) is 4.43. The Morgan fingerprint density at radius 1 is 1.23 bits per heavy atom. The van der Waals surface area contributed by atoms with Gasteiger partial charge in [0.15, 0.2) is 0 Å². The Labute approximate surface area is 84.1 Å². The summed E-state index contributed by atoms with van der Waals surface area (Å²) in [6.45, 7) is 14.4. The van der Waals surface area contributed by atoms with Crippen LogP contribution in [0.1, 0.15) is 54.4 Å². The molecular formula is C13H26. The second-order valence-corrected chi connectivity index (χ2v) is 5.78. The smallest absolute Gasteiger partial charge is 0.0261 e. The molecule has 0 saturated heterocycles. The third-order valence-electron chi connectivity index (χ3n) is 4.43. The maximum atomic E-state index is 2.49. The Kier molecular flexibility index (Phi) is 3.09. The second-order valence-electron chi connectivity index (χ2n) is 5.78. The van der Waals surface area contributed by atoms with Crippen LogP contribution in [-0.2, 0) is 0 Å². The van der Waals surface area contributed by atoms with Crippen molar-refractivity contribution in [2.24, 2.45) is 29.1 Å². The van der Waals surface area contributed by atoms with Crippen molar-refractivity contribution in [3.05, 3.63) is 0 Å². The molecule has 4 atom stereocenters. The van der Waals surface area contributed by atoms with Gasteiger partial charge >= 0.3 is 0 Å². The molecule has 4 unspecified atom stereocenters. The topological polar surface area (TPSA) is 0 Å². The van der Waals surface area contributed by atoms with Gasteiger partial charge in [-0.3, -0.25) is 0 Å². The van der Waals surface area contributed by atoms with Crippen LogP contribution in [0.25, 0.3) is 0 Å². The molecule has 0 aromatic carbocycles. The minimum absolute atomic E-state index is 0.670. The summed E-state index contributed by atoms with van der Waals surface area (Å²) in [5.74, 6) is 3.74. The van der Waals surface area contributed by atoms with Gasteiger partial charge in [-0.15, -0.1) is 0 Å². The third kappa shape index (κ3) is 1.92. The van der Waals surface area contributed by atoms with Crippen molar-refractivity contribution < 1.29 is 0 Å². The minimum atomic E-state index is 0.670. The molecule has 13 heavy (non-hydrogen) atoms. The van der Waals surface area contributed by atoms with Crippen LogP contribution >= 0.6 is 0 Å². The zero-order valence-corrected chi connectivity index (χ0v) is 10.2. The second kappa shape index (κ2) is 3.63. The van der Waals surface area contributed by atoms with Crippen molar-refractivity contribution in [3.8, 4) is 0 Å². The number of rotatable bonds is 4. The molecule has 1 aliphatic rings. The Morgan fingerprint density at radius 2 is 1.77 bits per heavy atom. The maximum absolute atomic E-state index is 2.49. The van der Waals surface area contributed by atoms with Crippen molar-refractivity contribution in [2.75, 3.05) is 0 Å². The van der Waals surface area contributed by atoms with Gasteiger partial charge in [0.2, 0.25) is 0 Å². The van der Waals surface area contributed by atoms with E-state index in [-0.39, 0.29) is 0 Å². The molecule has 1 fully saturated rings. The van der Waals surface area contributed by atoms with E-state index < -0.39 is 0 Å². The van der Waals surface area contributed by atoms with Crippen LogP contribution in [0.5, 0.6) is 0 Å². The van der Waals surface area contributed by atoms with Gasteiger partial charge in [-0.05, 0) is 35.5 Å². The highest BCUT2D eigenvalue weighted by Crippen LogP contribution is 2.64.